The van der Waals surface area contributed by atoms with Crippen molar-refractivity contribution in [2.45, 2.75) is 50.7 Å². The number of hydrogen-bond acceptors (Lipinski definition) is 5. The van der Waals surface area contributed by atoms with Crippen LogP contribution < -0.4 is 14.4 Å². The number of rotatable bonds is 12. The Morgan fingerprint density at radius 3 is 2.36 bits per heavy atom. The third kappa shape index (κ3) is 8.40. The lowest BCUT2D eigenvalue weighted by Gasteiger charge is -2.34. The van der Waals surface area contributed by atoms with Gasteiger partial charge in [-0.2, -0.15) is 0 Å². The first-order valence-electron chi connectivity index (χ1n) is 13.7. The molecule has 0 bridgehead atoms. The van der Waals surface area contributed by atoms with E-state index in [1.165, 1.54) is 12.0 Å². The molecule has 0 saturated heterocycles. The van der Waals surface area contributed by atoms with E-state index in [4.69, 9.17) is 27.9 Å². The molecule has 1 atom stereocenters. The maximum absolute atomic E-state index is 14.2. The molecule has 1 aliphatic carbocycles. The second kappa shape index (κ2) is 14.3. The third-order valence-corrected chi connectivity index (χ3v) is 9.08. The lowest BCUT2D eigenvalue weighted by molar-refractivity contribution is -0.140. The van der Waals surface area contributed by atoms with Crippen LogP contribution in [0.15, 0.2) is 72.8 Å². The fourth-order valence-corrected chi connectivity index (χ4v) is 6.44. The second-order valence-electron chi connectivity index (χ2n) is 10.4. The van der Waals surface area contributed by atoms with Crippen molar-refractivity contribution in [3.63, 3.8) is 0 Å². The minimum Gasteiger partial charge on any atom is -0.497 e. The minimum absolute atomic E-state index is 0.0242. The predicted molar refractivity (Wildman–Crippen MR) is 167 cm³/mol. The number of hydrogen-bond donors (Lipinski definition) is 1. The number of nitrogens with zero attached hydrogens (tertiary/aromatic N) is 2. The fraction of sp³-hybridized carbons (Fsp3) is 0.355. The van der Waals surface area contributed by atoms with Crippen molar-refractivity contribution < 1.29 is 22.7 Å². The first-order valence-corrected chi connectivity index (χ1v) is 16.3. The molecule has 4 rings (SSSR count). The average Bonchev–Trinajstić information content (AvgIpc) is 3.47. The van der Waals surface area contributed by atoms with Gasteiger partial charge in [0.15, 0.2) is 0 Å². The topological polar surface area (TPSA) is 96.0 Å². The molecule has 1 saturated carbocycles. The molecule has 0 heterocycles. The maximum atomic E-state index is 14.2. The van der Waals surface area contributed by atoms with Crippen molar-refractivity contribution in [3.8, 4) is 5.75 Å². The fourth-order valence-electron chi connectivity index (χ4n) is 5.13. The van der Waals surface area contributed by atoms with Gasteiger partial charge in [0.05, 0.1) is 19.1 Å². The summed E-state index contributed by atoms with van der Waals surface area (Å²) in [5, 5.41) is 3.91. The summed E-state index contributed by atoms with van der Waals surface area (Å²) in [5.41, 5.74) is 1.70. The van der Waals surface area contributed by atoms with Crippen LogP contribution in [0.5, 0.6) is 5.75 Å². The van der Waals surface area contributed by atoms with Gasteiger partial charge in [0.25, 0.3) is 0 Å². The van der Waals surface area contributed by atoms with Crippen LogP contribution in [0.4, 0.5) is 5.69 Å². The number of carbonyl (C=O) groups is 2. The zero-order valence-corrected chi connectivity index (χ0v) is 26.0. The Bertz CT molecular complexity index is 1500. The van der Waals surface area contributed by atoms with Crippen molar-refractivity contribution in [2.75, 3.05) is 24.2 Å². The molecule has 42 heavy (non-hydrogen) atoms. The van der Waals surface area contributed by atoms with E-state index in [9.17, 15) is 18.0 Å². The summed E-state index contributed by atoms with van der Waals surface area (Å²) in [7, 11) is -2.42. The Morgan fingerprint density at radius 2 is 1.71 bits per heavy atom. The van der Waals surface area contributed by atoms with Gasteiger partial charge < -0.3 is 15.0 Å². The summed E-state index contributed by atoms with van der Waals surface area (Å²) in [6.45, 7) is -0.556. The number of carbonyl (C=O) groups excluding carboxylic acids is 2. The summed E-state index contributed by atoms with van der Waals surface area (Å²) in [5.74, 6) is -0.412. The van der Waals surface area contributed by atoms with Crippen molar-refractivity contribution in [1.29, 1.82) is 0 Å². The molecule has 0 aromatic heterocycles. The molecule has 3 aromatic carbocycles. The molecule has 2 amide bonds. The monoisotopic (exact) mass is 631 g/mol. The lowest BCUT2D eigenvalue weighted by atomic mass is 10.0. The maximum Gasteiger partial charge on any atom is 0.244 e. The molecule has 3 aromatic rings. The van der Waals surface area contributed by atoms with Crippen molar-refractivity contribution in [3.05, 3.63) is 94.0 Å². The van der Waals surface area contributed by atoms with Gasteiger partial charge in [0.2, 0.25) is 21.8 Å². The average molecular weight is 633 g/mol. The van der Waals surface area contributed by atoms with Crippen LogP contribution in [0.1, 0.15) is 36.8 Å². The van der Waals surface area contributed by atoms with Crippen LogP contribution in [-0.2, 0) is 32.6 Å². The zero-order valence-electron chi connectivity index (χ0n) is 23.6. The largest absolute Gasteiger partial charge is 0.497 e. The highest BCUT2D eigenvalue weighted by atomic mass is 35.5. The van der Waals surface area contributed by atoms with E-state index in [0.717, 1.165) is 41.8 Å². The van der Waals surface area contributed by atoms with Crippen LogP contribution >= 0.6 is 23.2 Å². The molecule has 11 heteroatoms. The molecule has 1 fully saturated rings. The summed E-state index contributed by atoms with van der Waals surface area (Å²) in [6.07, 6.45) is 5.07. The Kier molecular flexibility index (Phi) is 10.8. The third-order valence-electron chi connectivity index (χ3n) is 7.35. The molecule has 1 N–H and O–H groups in total. The summed E-state index contributed by atoms with van der Waals surface area (Å²) in [6, 6.07) is 19.9. The number of benzene rings is 3. The Morgan fingerprint density at radius 1 is 1.00 bits per heavy atom. The first-order chi connectivity index (χ1) is 20.0. The van der Waals surface area contributed by atoms with Gasteiger partial charge in [-0.25, -0.2) is 8.42 Å². The molecular weight excluding hydrogens is 597 g/mol. The number of halogens is 2. The molecule has 0 aliphatic heterocycles. The van der Waals surface area contributed by atoms with Crippen molar-refractivity contribution in [2.24, 2.45) is 0 Å². The Balaban J connectivity index is 1.75. The van der Waals surface area contributed by atoms with E-state index in [-0.39, 0.29) is 30.6 Å². The number of nitrogens with one attached hydrogen (secondary N) is 1. The first kappa shape index (κ1) is 31.7. The quantitative estimate of drug-likeness (QED) is 0.286. The van der Waals surface area contributed by atoms with Gasteiger partial charge in [-0.3, -0.25) is 13.9 Å². The normalized spacial score (nSPS) is 14.3. The zero-order chi connectivity index (χ0) is 30.3. The summed E-state index contributed by atoms with van der Waals surface area (Å²) >= 11 is 12.7. The molecule has 0 spiro atoms. The molecule has 224 valence electrons. The smallest absolute Gasteiger partial charge is 0.244 e. The molecule has 8 nitrogen and oxygen atoms in total. The van der Waals surface area contributed by atoms with Gasteiger partial charge in [0.1, 0.15) is 18.3 Å². The van der Waals surface area contributed by atoms with Crippen LogP contribution in [0.3, 0.4) is 0 Å². The molecule has 1 aliphatic rings. The molecule has 0 radical (unpaired) electrons. The highest BCUT2D eigenvalue weighted by Crippen LogP contribution is 2.27. The molecular formula is C31H35Cl2N3O5S. The number of ether oxygens (including phenoxy) is 1. The number of sulfonamides is 1. The van der Waals surface area contributed by atoms with Gasteiger partial charge in [0, 0.05) is 35.1 Å². The van der Waals surface area contributed by atoms with Gasteiger partial charge in [-0.15, -0.1) is 0 Å². The van der Waals surface area contributed by atoms with E-state index in [1.54, 1.807) is 42.5 Å². The number of amides is 2. The number of methoxy groups -OCH3 is 1. The van der Waals surface area contributed by atoms with Crippen LogP contribution in [0.2, 0.25) is 10.0 Å². The Hall–Kier alpha value is -3.27. The molecule has 1 unspecified atom stereocenters. The minimum atomic E-state index is -3.90. The standard InChI is InChI=1S/C31H35Cl2N3O5S/c1-41-27-14-8-13-26(19-27)36(42(2,39)40)21-30(37)35(20-23-15-16-24(32)18-28(23)33)29(17-22-9-4-3-5-10-22)31(38)34-25-11-6-7-12-25/h3-5,8-10,13-16,18-19,25,29H,6-7,11-12,17,20-21H2,1-2H3,(H,34,38). The van der Waals surface area contributed by atoms with Gasteiger partial charge in [-0.05, 0) is 48.2 Å². The SMILES string of the molecule is COc1cccc(N(CC(=O)N(Cc2ccc(Cl)cc2Cl)C(Cc2ccccc2)C(=O)NC2CCCC2)S(C)(=O)=O)c1. The van der Waals surface area contributed by atoms with E-state index in [2.05, 4.69) is 5.32 Å². The van der Waals surface area contributed by atoms with E-state index in [1.807, 2.05) is 30.3 Å². The van der Waals surface area contributed by atoms with E-state index in [0.29, 0.717) is 21.4 Å². The predicted octanol–water partition coefficient (Wildman–Crippen LogP) is 5.47. The second-order valence-corrected chi connectivity index (χ2v) is 13.2. The van der Waals surface area contributed by atoms with Crippen LogP contribution in [0, 0.1) is 0 Å². The van der Waals surface area contributed by atoms with Crippen LogP contribution in [-0.4, -0.2) is 57.1 Å². The van der Waals surface area contributed by atoms with Gasteiger partial charge >= 0.3 is 0 Å². The highest BCUT2D eigenvalue weighted by Gasteiger charge is 2.34. The van der Waals surface area contributed by atoms with Crippen molar-refractivity contribution in [1.82, 2.24) is 10.2 Å². The van der Waals surface area contributed by atoms with Crippen molar-refractivity contribution >= 4 is 50.7 Å². The lowest BCUT2D eigenvalue weighted by Crippen LogP contribution is -2.54. The van der Waals surface area contributed by atoms with Gasteiger partial charge in [-0.1, -0.05) is 78.5 Å². The number of anilines is 1. The van der Waals surface area contributed by atoms with E-state index >= 15 is 0 Å². The van der Waals surface area contributed by atoms with Crippen LogP contribution in [0.25, 0.3) is 0 Å². The van der Waals surface area contributed by atoms with E-state index < -0.39 is 28.5 Å². The summed E-state index contributed by atoms with van der Waals surface area (Å²) in [4.78, 5) is 29.6. The highest BCUT2D eigenvalue weighted by molar-refractivity contribution is 7.92. The Labute approximate surface area is 257 Å². The summed E-state index contributed by atoms with van der Waals surface area (Å²) < 4.78 is 32.2.